The van der Waals surface area contributed by atoms with Crippen molar-refractivity contribution in [3.8, 4) is 0 Å². The highest BCUT2D eigenvalue weighted by Crippen LogP contribution is 2.20. The summed E-state index contributed by atoms with van der Waals surface area (Å²) in [6, 6.07) is 2.67. The predicted molar refractivity (Wildman–Crippen MR) is 86.8 cm³/mol. The smallest absolute Gasteiger partial charge is 0.407 e. The zero-order valence-electron chi connectivity index (χ0n) is 14.0. The highest BCUT2D eigenvalue weighted by atomic mass is 19.1. The van der Waals surface area contributed by atoms with E-state index >= 15 is 0 Å². The number of hydrogen-bond acceptors (Lipinski definition) is 4. The Bertz CT molecular complexity index is 583. The van der Waals surface area contributed by atoms with Crippen LogP contribution in [0.25, 0.3) is 0 Å². The lowest BCUT2D eigenvalue weighted by Gasteiger charge is -2.19. The third-order valence-electron chi connectivity index (χ3n) is 3.00. The van der Waals surface area contributed by atoms with E-state index < -0.39 is 17.5 Å². The molecule has 0 aliphatic heterocycles. The minimum atomic E-state index is -0.624. The molecular weight excluding hydrogens is 301 g/mol. The summed E-state index contributed by atoms with van der Waals surface area (Å²) in [5.41, 5.74) is 5.92. The van der Waals surface area contributed by atoms with Crippen LogP contribution in [0.1, 0.15) is 43.1 Å². The van der Waals surface area contributed by atoms with Gasteiger partial charge in [-0.15, -0.1) is 0 Å². The lowest BCUT2D eigenvalue weighted by molar-refractivity contribution is 0.0527. The molecule has 4 N–H and O–H groups in total. The second kappa shape index (κ2) is 7.80. The summed E-state index contributed by atoms with van der Waals surface area (Å²) in [6.45, 7) is 5.70. The van der Waals surface area contributed by atoms with Crippen molar-refractivity contribution in [2.75, 3.05) is 19.3 Å². The molecule has 0 spiro atoms. The van der Waals surface area contributed by atoms with Gasteiger partial charge in [0.2, 0.25) is 0 Å². The van der Waals surface area contributed by atoms with E-state index in [4.69, 9.17) is 10.5 Å². The number of amides is 2. The average molecular weight is 325 g/mol. The van der Waals surface area contributed by atoms with Crippen LogP contribution in [0.3, 0.4) is 0 Å². The fraction of sp³-hybridized carbons (Fsp3) is 0.500. The summed E-state index contributed by atoms with van der Waals surface area (Å²) in [7, 11) is 1.47. The van der Waals surface area contributed by atoms with E-state index in [2.05, 4.69) is 10.6 Å². The lowest BCUT2D eigenvalue weighted by Crippen LogP contribution is -2.33. The molecule has 0 bridgehead atoms. The summed E-state index contributed by atoms with van der Waals surface area (Å²) in [6.07, 6.45) is 0.472. The molecule has 0 aliphatic carbocycles. The summed E-state index contributed by atoms with van der Waals surface area (Å²) in [4.78, 5) is 23.1. The van der Waals surface area contributed by atoms with Crippen LogP contribution in [0, 0.1) is 5.82 Å². The van der Waals surface area contributed by atoms with Gasteiger partial charge in [-0.3, -0.25) is 4.79 Å². The number of aryl methyl sites for hydroxylation is 1. The summed E-state index contributed by atoms with van der Waals surface area (Å²) in [5, 5.41) is 5.06. The quantitative estimate of drug-likeness (QED) is 0.571. The number of carbonyl (C=O) groups is 2. The molecule has 1 aromatic rings. The minimum Gasteiger partial charge on any atom is -0.444 e. The highest BCUT2D eigenvalue weighted by Gasteiger charge is 2.16. The number of alkyl carbamates (subject to hydrolysis) is 1. The maximum absolute atomic E-state index is 13.8. The van der Waals surface area contributed by atoms with Gasteiger partial charge in [0, 0.05) is 19.2 Å². The van der Waals surface area contributed by atoms with Crippen molar-refractivity contribution in [3.63, 3.8) is 0 Å². The van der Waals surface area contributed by atoms with Gasteiger partial charge in [0.15, 0.2) is 0 Å². The first kappa shape index (κ1) is 18.7. The number of halogens is 1. The molecule has 1 aromatic carbocycles. The molecule has 2 amide bonds. The maximum Gasteiger partial charge on any atom is 0.407 e. The molecule has 0 heterocycles. The number of nitrogens with one attached hydrogen (secondary N) is 2. The van der Waals surface area contributed by atoms with Crippen LogP contribution < -0.4 is 16.4 Å². The van der Waals surface area contributed by atoms with E-state index in [1.54, 1.807) is 26.8 Å². The summed E-state index contributed by atoms with van der Waals surface area (Å²) < 4.78 is 18.9. The molecule has 1 rings (SSSR count). The molecule has 0 atom stereocenters. The third-order valence-corrected chi connectivity index (χ3v) is 3.00. The van der Waals surface area contributed by atoms with Crippen LogP contribution in [0.15, 0.2) is 12.1 Å². The van der Waals surface area contributed by atoms with Crippen LogP contribution in [0.5, 0.6) is 0 Å². The molecule has 0 saturated carbocycles. The molecular formula is C16H24FN3O3. The lowest BCUT2D eigenvalue weighted by atomic mass is 10.0. The van der Waals surface area contributed by atoms with Gasteiger partial charge in [0.25, 0.3) is 5.91 Å². The number of rotatable bonds is 5. The first-order valence-electron chi connectivity index (χ1n) is 7.41. The average Bonchev–Trinajstić information content (AvgIpc) is 2.44. The number of benzene rings is 1. The predicted octanol–water partition coefficient (Wildman–Crippen LogP) is 2.22. The van der Waals surface area contributed by atoms with Crippen LogP contribution in [0.4, 0.5) is 14.9 Å². The number of hydrogen-bond donors (Lipinski definition) is 3. The maximum atomic E-state index is 13.8. The molecule has 0 fully saturated rings. The number of anilines is 1. The van der Waals surface area contributed by atoms with E-state index in [0.717, 1.165) is 6.07 Å². The van der Waals surface area contributed by atoms with E-state index in [0.29, 0.717) is 24.9 Å². The zero-order valence-corrected chi connectivity index (χ0v) is 14.0. The first-order valence-corrected chi connectivity index (χ1v) is 7.41. The number of ether oxygens (including phenoxy) is 1. The van der Waals surface area contributed by atoms with Crippen LogP contribution in [-0.4, -0.2) is 31.2 Å². The molecule has 128 valence electrons. The number of nitrogen functional groups attached to an aromatic ring is 1. The van der Waals surface area contributed by atoms with E-state index in [1.807, 2.05) is 0 Å². The first-order chi connectivity index (χ1) is 10.6. The molecule has 0 aliphatic rings. The Balaban J connectivity index is 2.59. The molecule has 0 saturated heterocycles. The largest absolute Gasteiger partial charge is 0.444 e. The van der Waals surface area contributed by atoms with Crippen molar-refractivity contribution in [2.24, 2.45) is 0 Å². The second-order valence-electron chi connectivity index (χ2n) is 6.14. The van der Waals surface area contributed by atoms with Crippen molar-refractivity contribution in [3.05, 3.63) is 29.1 Å². The number of nitrogens with two attached hydrogens (primary N) is 1. The van der Waals surface area contributed by atoms with E-state index in [9.17, 15) is 14.0 Å². The monoisotopic (exact) mass is 325 g/mol. The van der Waals surface area contributed by atoms with Gasteiger partial charge in [-0.2, -0.15) is 0 Å². The summed E-state index contributed by atoms with van der Waals surface area (Å²) in [5.74, 6) is -1.00. The summed E-state index contributed by atoms with van der Waals surface area (Å²) >= 11 is 0. The Labute approximate surface area is 135 Å². The molecule has 6 nitrogen and oxygen atoms in total. The Hall–Kier alpha value is -2.31. The van der Waals surface area contributed by atoms with Crippen molar-refractivity contribution in [2.45, 2.75) is 39.2 Å². The second-order valence-corrected chi connectivity index (χ2v) is 6.14. The van der Waals surface area contributed by atoms with Gasteiger partial charge in [-0.25, -0.2) is 9.18 Å². The Morgan fingerprint density at radius 2 is 1.96 bits per heavy atom. The van der Waals surface area contributed by atoms with Crippen molar-refractivity contribution >= 4 is 17.7 Å². The standard InChI is InChI=1S/C16H24FN3O3/c1-16(2,3)23-15(22)20-7-5-6-10-8-11(14(21)19-4)9-12(17)13(10)18/h8-9H,5-7,18H2,1-4H3,(H,19,21)(H,20,22). The third kappa shape index (κ3) is 6.14. The van der Waals surface area contributed by atoms with Gasteiger partial charge >= 0.3 is 6.09 Å². The Morgan fingerprint density at radius 3 is 2.52 bits per heavy atom. The zero-order chi connectivity index (χ0) is 17.6. The number of carbonyl (C=O) groups excluding carboxylic acids is 2. The molecule has 0 aromatic heterocycles. The topological polar surface area (TPSA) is 93.5 Å². The van der Waals surface area contributed by atoms with Gasteiger partial charge in [-0.05, 0) is 51.3 Å². The Kier molecular flexibility index (Phi) is 6.36. The minimum absolute atomic E-state index is 0.0231. The van der Waals surface area contributed by atoms with Gasteiger partial charge in [0.05, 0.1) is 5.69 Å². The fourth-order valence-corrected chi connectivity index (χ4v) is 1.94. The molecule has 7 heteroatoms. The van der Waals surface area contributed by atoms with Crippen LogP contribution in [0.2, 0.25) is 0 Å². The fourth-order valence-electron chi connectivity index (χ4n) is 1.94. The van der Waals surface area contributed by atoms with Crippen LogP contribution in [-0.2, 0) is 11.2 Å². The van der Waals surface area contributed by atoms with Crippen molar-refractivity contribution in [1.82, 2.24) is 10.6 Å². The molecule has 23 heavy (non-hydrogen) atoms. The SMILES string of the molecule is CNC(=O)c1cc(F)c(N)c(CCCNC(=O)OC(C)(C)C)c1. The Morgan fingerprint density at radius 1 is 1.30 bits per heavy atom. The van der Waals surface area contributed by atoms with Crippen molar-refractivity contribution < 1.29 is 18.7 Å². The van der Waals surface area contributed by atoms with Gasteiger partial charge in [-0.1, -0.05) is 0 Å². The van der Waals surface area contributed by atoms with E-state index in [-0.39, 0.29) is 17.2 Å². The van der Waals surface area contributed by atoms with Gasteiger partial charge in [0.1, 0.15) is 11.4 Å². The van der Waals surface area contributed by atoms with Gasteiger partial charge < -0.3 is 21.1 Å². The molecule has 0 radical (unpaired) electrons. The van der Waals surface area contributed by atoms with Crippen molar-refractivity contribution in [1.29, 1.82) is 0 Å². The normalized spacial score (nSPS) is 11.0. The van der Waals surface area contributed by atoms with E-state index in [1.165, 1.54) is 7.05 Å². The highest BCUT2D eigenvalue weighted by molar-refractivity contribution is 5.94. The molecule has 0 unspecified atom stereocenters. The van der Waals surface area contributed by atoms with Crippen LogP contribution >= 0.6 is 0 Å².